The smallest absolute Gasteiger partial charge is 0.242 e. The molecule has 0 spiro atoms. The van der Waals surface area contributed by atoms with Gasteiger partial charge in [0.05, 0.1) is 32.2 Å². The summed E-state index contributed by atoms with van der Waals surface area (Å²) in [6, 6.07) is 13.4. The van der Waals surface area contributed by atoms with Crippen molar-refractivity contribution < 1.29 is 14.3 Å². The van der Waals surface area contributed by atoms with Crippen molar-refractivity contribution in [3.8, 4) is 11.5 Å². The molecule has 1 saturated heterocycles. The Morgan fingerprint density at radius 3 is 2.60 bits per heavy atom. The van der Waals surface area contributed by atoms with Crippen molar-refractivity contribution in [3.05, 3.63) is 58.1 Å². The molecule has 6 nitrogen and oxygen atoms in total. The second kappa shape index (κ2) is 10.6. The molecule has 0 saturated carbocycles. The Kier molecular flexibility index (Phi) is 7.93. The number of carbonyl (C=O) groups is 1. The molecule has 2 aromatic rings. The van der Waals surface area contributed by atoms with E-state index in [1.54, 1.807) is 25.3 Å². The fourth-order valence-corrected chi connectivity index (χ4v) is 4.63. The van der Waals surface area contributed by atoms with E-state index in [2.05, 4.69) is 33.1 Å². The van der Waals surface area contributed by atoms with Gasteiger partial charge in [0.1, 0.15) is 11.5 Å². The van der Waals surface area contributed by atoms with E-state index in [0.29, 0.717) is 17.5 Å². The summed E-state index contributed by atoms with van der Waals surface area (Å²) in [6.07, 6.45) is 3.39. The number of ether oxygens (including phenoxy) is 2. The number of amides is 1. The molecule has 2 aromatic carbocycles. The largest absolute Gasteiger partial charge is 0.497 e. The lowest BCUT2D eigenvalue weighted by Crippen LogP contribution is -2.31. The van der Waals surface area contributed by atoms with Crippen LogP contribution in [0, 0.1) is 0 Å². The number of methoxy groups -OCH3 is 2. The fourth-order valence-electron chi connectivity index (χ4n) is 3.04. The number of carbonyl (C=O) groups excluding carboxylic acids is 1. The summed E-state index contributed by atoms with van der Waals surface area (Å²) in [7, 11) is 3.25. The lowest BCUT2D eigenvalue weighted by Gasteiger charge is -2.16. The van der Waals surface area contributed by atoms with Crippen LogP contribution >= 0.6 is 27.7 Å². The standard InChI is InChI=1S/C22H24BrN3O3S/c1-4-5-20-21(27)26(14-15-6-9-18(28-2)10-7-15)22(30-20)25-24-13-16-12-17(23)8-11-19(16)29-3/h6-13,20H,4-5,14H2,1-3H3/b24-13-,25-22+/t20-/m1/s1. The maximum absolute atomic E-state index is 12.9. The minimum absolute atomic E-state index is 0.0756. The third-order valence-electron chi connectivity index (χ3n) is 4.60. The zero-order chi connectivity index (χ0) is 21.5. The van der Waals surface area contributed by atoms with Gasteiger partial charge in [-0.1, -0.05) is 53.2 Å². The first-order chi connectivity index (χ1) is 14.5. The van der Waals surface area contributed by atoms with Gasteiger partial charge in [-0.25, -0.2) is 0 Å². The molecule has 0 bridgehead atoms. The van der Waals surface area contributed by atoms with E-state index in [1.165, 1.54) is 11.8 Å². The van der Waals surface area contributed by atoms with Gasteiger partial charge in [0.25, 0.3) is 0 Å². The Bertz CT molecular complexity index is 947. The summed E-state index contributed by atoms with van der Waals surface area (Å²) in [5.74, 6) is 1.56. The second-order valence-corrected chi connectivity index (χ2v) is 8.77. The van der Waals surface area contributed by atoms with Gasteiger partial charge in [-0.05, 0) is 42.3 Å². The average molecular weight is 490 g/mol. The Morgan fingerprint density at radius 1 is 1.17 bits per heavy atom. The monoisotopic (exact) mass is 489 g/mol. The molecule has 0 unspecified atom stereocenters. The van der Waals surface area contributed by atoms with E-state index in [4.69, 9.17) is 9.47 Å². The van der Waals surface area contributed by atoms with Crippen LogP contribution in [0.4, 0.5) is 0 Å². The first-order valence-electron chi connectivity index (χ1n) is 9.61. The highest BCUT2D eigenvalue weighted by molar-refractivity contribution is 9.10. The maximum Gasteiger partial charge on any atom is 0.242 e. The van der Waals surface area contributed by atoms with Gasteiger partial charge in [0.2, 0.25) is 5.91 Å². The number of thioether (sulfide) groups is 1. The topological polar surface area (TPSA) is 63.5 Å². The van der Waals surface area contributed by atoms with Gasteiger partial charge in [-0.2, -0.15) is 5.10 Å². The number of rotatable bonds is 8. The van der Waals surface area contributed by atoms with Crippen LogP contribution in [0.2, 0.25) is 0 Å². The molecule has 0 radical (unpaired) electrons. The summed E-state index contributed by atoms with van der Waals surface area (Å²) in [6.45, 7) is 2.53. The van der Waals surface area contributed by atoms with Gasteiger partial charge in [0.15, 0.2) is 5.17 Å². The van der Waals surface area contributed by atoms with Crippen LogP contribution in [-0.2, 0) is 11.3 Å². The first-order valence-corrected chi connectivity index (χ1v) is 11.3. The van der Waals surface area contributed by atoms with Crippen LogP contribution in [-0.4, -0.2) is 41.7 Å². The lowest BCUT2D eigenvalue weighted by atomic mass is 10.2. The molecule has 0 aromatic heterocycles. The van der Waals surface area contributed by atoms with Crippen LogP contribution < -0.4 is 9.47 Å². The van der Waals surface area contributed by atoms with Crippen LogP contribution in [0.15, 0.2) is 57.1 Å². The van der Waals surface area contributed by atoms with Gasteiger partial charge in [-0.15, -0.1) is 5.10 Å². The van der Waals surface area contributed by atoms with E-state index >= 15 is 0 Å². The number of halogens is 1. The van der Waals surface area contributed by atoms with Crippen molar-refractivity contribution in [2.24, 2.45) is 10.2 Å². The van der Waals surface area contributed by atoms with Crippen LogP contribution in [0.1, 0.15) is 30.9 Å². The van der Waals surface area contributed by atoms with Gasteiger partial charge in [0, 0.05) is 10.0 Å². The lowest BCUT2D eigenvalue weighted by molar-refractivity contribution is -0.126. The molecule has 30 heavy (non-hydrogen) atoms. The van der Waals surface area contributed by atoms with Crippen molar-refractivity contribution in [2.75, 3.05) is 14.2 Å². The summed E-state index contributed by atoms with van der Waals surface area (Å²) in [5.41, 5.74) is 1.81. The van der Waals surface area contributed by atoms with E-state index in [1.807, 2.05) is 42.5 Å². The highest BCUT2D eigenvalue weighted by atomic mass is 79.9. The van der Waals surface area contributed by atoms with Crippen LogP contribution in [0.25, 0.3) is 0 Å². The molecule has 1 atom stereocenters. The summed E-state index contributed by atoms with van der Waals surface area (Å²) in [4.78, 5) is 14.6. The summed E-state index contributed by atoms with van der Waals surface area (Å²) >= 11 is 4.93. The van der Waals surface area contributed by atoms with Gasteiger partial charge < -0.3 is 9.47 Å². The Morgan fingerprint density at radius 2 is 1.93 bits per heavy atom. The Hall–Kier alpha value is -2.32. The van der Waals surface area contributed by atoms with Crippen LogP contribution in [0.3, 0.4) is 0 Å². The SMILES string of the molecule is CCC[C@H]1S/C(=N/N=C\c2cc(Br)ccc2OC)N(Cc2ccc(OC)cc2)C1=O. The number of hydrogen-bond acceptors (Lipinski definition) is 6. The third kappa shape index (κ3) is 5.43. The summed E-state index contributed by atoms with van der Waals surface area (Å²) < 4.78 is 11.5. The highest BCUT2D eigenvalue weighted by Gasteiger charge is 2.37. The van der Waals surface area contributed by atoms with Crippen molar-refractivity contribution in [3.63, 3.8) is 0 Å². The Balaban J connectivity index is 1.83. The fraction of sp³-hybridized carbons (Fsp3) is 0.318. The molecule has 158 valence electrons. The van der Waals surface area contributed by atoms with Crippen molar-refractivity contribution in [1.82, 2.24) is 4.90 Å². The zero-order valence-electron chi connectivity index (χ0n) is 17.2. The minimum atomic E-state index is -0.123. The summed E-state index contributed by atoms with van der Waals surface area (Å²) in [5, 5.41) is 9.11. The normalized spacial score (nSPS) is 17.9. The highest BCUT2D eigenvalue weighted by Crippen LogP contribution is 2.32. The predicted octanol–water partition coefficient (Wildman–Crippen LogP) is 5.10. The first kappa shape index (κ1) is 22.4. The van der Waals surface area contributed by atoms with E-state index in [0.717, 1.165) is 34.2 Å². The zero-order valence-corrected chi connectivity index (χ0v) is 19.6. The quantitative estimate of drug-likeness (QED) is 0.382. The van der Waals surface area contributed by atoms with E-state index in [9.17, 15) is 4.79 Å². The van der Waals surface area contributed by atoms with E-state index in [-0.39, 0.29) is 11.2 Å². The van der Waals surface area contributed by atoms with Crippen LogP contribution in [0.5, 0.6) is 11.5 Å². The number of hydrogen-bond donors (Lipinski definition) is 0. The van der Waals surface area contributed by atoms with E-state index < -0.39 is 0 Å². The molecule has 0 N–H and O–H groups in total. The van der Waals surface area contributed by atoms with Crippen molar-refractivity contribution in [2.45, 2.75) is 31.6 Å². The minimum Gasteiger partial charge on any atom is -0.497 e. The molecule has 0 aliphatic carbocycles. The number of benzene rings is 2. The predicted molar refractivity (Wildman–Crippen MR) is 126 cm³/mol. The molecule has 1 fully saturated rings. The Labute approximate surface area is 189 Å². The maximum atomic E-state index is 12.9. The average Bonchev–Trinajstić information content (AvgIpc) is 3.04. The molecule has 1 aliphatic rings. The number of nitrogens with zero attached hydrogens (tertiary/aromatic N) is 3. The van der Waals surface area contributed by atoms with Gasteiger partial charge in [-0.3, -0.25) is 9.69 Å². The molecule has 3 rings (SSSR count). The van der Waals surface area contributed by atoms with Crippen molar-refractivity contribution >= 4 is 45.0 Å². The molecule has 1 amide bonds. The number of amidine groups is 1. The van der Waals surface area contributed by atoms with Gasteiger partial charge >= 0.3 is 0 Å². The molecular weight excluding hydrogens is 466 g/mol. The molecule has 1 heterocycles. The van der Waals surface area contributed by atoms with Crippen molar-refractivity contribution in [1.29, 1.82) is 0 Å². The molecule has 1 aliphatic heterocycles. The third-order valence-corrected chi connectivity index (χ3v) is 6.33. The molecular formula is C22H24BrN3O3S. The molecule has 8 heteroatoms. The second-order valence-electron chi connectivity index (χ2n) is 6.68.